The van der Waals surface area contributed by atoms with E-state index in [1.165, 1.54) is 44.1 Å². The molecule has 0 bridgehead atoms. The minimum Gasteiger partial charge on any atom is -0.458 e. The smallest absolute Gasteiger partial charge is 0.407 e. The Morgan fingerprint density at radius 3 is 2.30 bits per heavy atom. The van der Waals surface area contributed by atoms with Crippen molar-refractivity contribution < 1.29 is 19.1 Å². The summed E-state index contributed by atoms with van der Waals surface area (Å²) in [4.78, 5) is 35.4. The Balaban J connectivity index is 1.22. The van der Waals surface area contributed by atoms with E-state index in [4.69, 9.17) is 14.5 Å². The molecule has 1 amide bonds. The van der Waals surface area contributed by atoms with E-state index >= 15 is 0 Å². The topological polar surface area (TPSA) is 102 Å². The molecule has 0 aliphatic heterocycles. The predicted octanol–water partition coefficient (Wildman–Crippen LogP) is 7.45. The van der Waals surface area contributed by atoms with Gasteiger partial charge in [0, 0.05) is 18.0 Å². The first kappa shape index (κ1) is 32.2. The van der Waals surface area contributed by atoms with Crippen molar-refractivity contribution in [1.82, 2.24) is 15.3 Å². The highest BCUT2D eigenvalue weighted by atomic mass is 16.6. The third-order valence-corrected chi connectivity index (χ3v) is 9.63. The number of ether oxygens (including phenoxy) is 2. The summed E-state index contributed by atoms with van der Waals surface area (Å²) in [5.41, 5.74) is 6.02. The van der Waals surface area contributed by atoms with Crippen molar-refractivity contribution >= 4 is 17.9 Å². The summed E-state index contributed by atoms with van der Waals surface area (Å²) in [6.45, 7) is 9.93. The van der Waals surface area contributed by atoms with Crippen molar-refractivity contribution in [3.05, 3.63) is 52.0 Å². The molecule has 2 fully saturated rings. The number of nitrogens with zero attached hydrogens (tertiary/aromatic N) is 2. The molecule has 1 aromatic carbocycles. The minimum atomic E-state index is -0.921. The molecular weight excluding hydrogens is 552 g/mol. The van der Waals surface area contributed by atoms with Crippen molar-refractivity contribution in [2.75, 3.05) is 18.5 Å². The van der Waals surface area contributed by atoms with E-state index in [1.807, 2.05) is 27.7 Å². The molecule has 2 N–H and O–H groups in total. The van der Waals surface area contributed by atoms with Gasteiger partial charge < -0.3 is 20.1 Å². The van der Waals surface area contributed by atoms with Crippen LogP contribution >= 0.6 is 0 Å². The van der Waals surface area contributed by atoms with Crippen molar-refractivity contribution in [3.63, 3.8) is 0 Å². The molecule has 3 aliphatic rings. The van der Waals surface area contributed by atoms with E-state index < -0.39 is 23.7 Å². The van der Waals surface area contributed by atoms with Crippen LogP contribution < -0.4 is 10.6 Å². The first-order valence-corrected chi connectivity index (χ1v) is 16.9. The SMILES string of the molecule is Cc1nc(NC[C@H](NC(=O)OCC2CCCC2)C(=O)OC(C)(C)C)c(C)c(C2CCC(c3ccc4c(c3)CCCC4)CC2)n1. The lowest BCUT2D eigenvalue weighted by atomic mass is 9.76. The van der Waals surface area contributed by atoms with Gasteiger partial charge in [-0.2, -0.15) is 0 Å². The number of aryl methyl sites for hydroxylation is 3. The van der Waals surface area contributed by atoms with Crippen molar-refractivity contribution in [2.24, 2.45) is 5.92 Å². The molecule has 44 heavy (non-hydrogen) atoms. The van der Waals surface area contributed by atoms with Crippen LogP contribution in [-0.2, 0) is 27.1 Å². The number of hydrogen-bond donors (Lipinski definition) is 2. The average molecular weight is 605 g/mol. The largest absolute Gasteiger partial charge is 0.458 e. The van der Waals surface area contributed by atoms with E-state index in [2.05, 4.69) is 40.7 Å². The highest BCUT2D eigenvalue weighted by Gasteiger charge is 2.30. The predicted molar refractivity (Wildman–Crippen MR) is 173 cm³/mol. The summed E-state index contributed by atoms with van der Waals surface area (Å²) in [7, 11) is 0. The number of alkyl carbamates (subject to hydrolysis) is 1. The Hall–Kier alpha value is -3.16. The zero-order chi connectivity index (χ0) is 31.3. The lowest BCUT2D eigenvalue weighted by molar-refractivity contribution is -0.156. The maximum atomic E-state index is 13.1. The molecule has 8 heteroatoms. The molecule has 2 saturated carbocycles. The van der Waals surface area contributed by atoms with E-state index in [-0.39, 0.29) is 6.54 Å². The van der Waals surface area contributed by atoms with Crippen LogP contribution in [0.5, 0.6) is 0 Å². The quantitative estimate of drug-likeness (QED) is 0.287. The summed E-state index contributed by atoms with van der Waals surface area (Å²) >= 11 is 0. The molecule has 2 aromatic rings. The maximum absolute atomic E-state index is 13.1. The number of esters is 1. The van der Waals surface area contributed by atoms with Gasteiger partial charge in [0.1, 0.15) is 23.3 Å². The second kappa shape index (κ2) is 14.3. The number of fused-ring (bicyclic) bond motifs is 1. The summed E-state index contributed by atoms with van der Waals surface area (Å²) in [6, 6.07) is 6.31. The van der Waals surface area contributed by atoms with Gasteiger partial charge >= 0.3 is 12.1 Å². The Labute approximate surface area is 263 Å². The van der Waals surface area contributed by atoms with Gasteiger partial charge in [-0.05, 0) is 127 Å². The van der Waals surface area contributed by atoms with E-state index in [1.54, 1.807) is 11.1 Å². The first-order valence-electron chi connectivity index (χ1n) is 16.9. The molecule has 1 heterocycles. The van der Waals surface area contributed by atoms with Gasteiger partial charge in [-0.1, -0.05) is 31.0 Å². The number of anilines is 1. The van der Waals surface area contributed by atoms with Crippen LogP contribution in [0.15, 0.2) is 18.2 Å². The van der Waals surface area contributed by atoms with Crippen molar-refractivity contribution in [3.8, 4) is 0 Å². The highest BCUT2D eigenvalue weighted by Crippen LogP contribution is 2.42. The molecule has 0 unspecified atom stereocenters. The first-order chi connectivity index (χ1) is 21.1. The van der Waals surface area contributed by atoms with Gasteiger partial charge in [0.25, 0.3) is 0 Å². The van der Waals surface area contributed by atoms with Crippen molar-refractivity contribution in [1.29, 1.82) is 0 Å². The van der Waals surface area contributed by atoms with Crippen molar-refractivity contribution in [2.45, 2.75) is 135 Å². The minimum absolute atomic E-state index is 0.134. The fourth-order valence-electron chi connectivity index (χ4n) is 7.25. The second-order valence-corrected chi connectivity index (χ2v) is 14.3. The van der Waals surface area contributed by atoms with Gasteiger partial charge in [0.15, 0.2) is 0 Å². The Morgan fingerprint density at radius 2 is 1.59 bits per heavy atom. The zero-order valence-corrected chi connectivity index (χ0v) is 27.5. The van der Waals surface area contributed by atoms with Crippen LogP contribution in [0.4, 0.5) is 10.6 Å². The van der Waals surface area contributed by atoms with Gasteiger partial charge in [-0.25, -0.2) is 19.6 Å². The number of nitrogens with one attached hydrogen (secondary N) is 2. The lowest BCUT2D eigenvalue weighted by Gasteiger charge is -2.30. The van der Waals surface area contributed by atoms with Gasteiger partial charge in [0.2, 0.25) is 0 Å². The fraction of sp³-hybridized carbons (Fsp3) is 0.667. The number of benzene rings is 1. The molecule has 8 nitrogen and oxygen atoms in total. The number of amides is 1. The highest BCUT2D eigenvalue weighted by molar-refractivity contribution is 5.82. The molecular formula is C36H52N4O4. The number of carbonyl (C=O) groups is 2. The zero-order valence-electron chi connectivity index (χ0n) is 27.5. The van der Waals surface area contributed by atoms with E-state index in [0.29, 0.717) is 36.0 Å². The van der Waals surface area contributed by atoms with Crippen LogP contribution in [-0.4, -0.2) is 46.8 Å². The van der Waals surface area contributed by atoms with Crippen LogP contribution in [0, 0.1) is 19.8 Å². The monoisotopic (exact) mass is 604 g/mol. The Bertz CT molecular complexity index is 1310. The van der Waals surface area contributed by atoms with E-state index in [0.717, 1.165) is 49.8 Å². The number of aromatic nitrogens is 2. The Kier molecular flexibility index (Phi) is 10.5. The van der Waals surface area contributed by atoms with E-state index in [9.17, 15) is 9.59 Å². The third-order valence-electron chi connectivity index (χ3n) is 9.63. The molecule has 240 valence electrons. The molecule has 0 saturated heterocycles. The van der Waals surface area contributed by atoms with Gasteiger partial charge in [-0.15, -0.1) is 0 Å². The molecule has 1 atom stereocenters. The number of rotatable bonds is 9. The standard InChI is InChI=1S/C36H52N4O4/c1-23-32(28-17-14-27(15-18-28)30-19-16-26-12-8-9-13-29(26)20-30)38-24(2)39-33(23)37-21-31(34(41)44-36(3,4)5)40-35(42)43-22-25-10-6-7-11-25/h16,19-20,25,27-28,31H,6-15,17-18,21-22H2,1-5H3,(H,40,42)(H,37,38,39)/t27?,28?,31-/m0/s1. The summed E-state index contributed by atoms with van der Waals surface area (Å²) < 4.78 is 11.1. The molecule has 1 aromatic heterocycles. The summed E-state index contributed by atoms with van der Waals surface area (Å²) in [5.74, 6) is 2.26. The van der Waals surface area contributed by atoms with Crippen LogP contribution in [0.1, 0.15) is 131 Å². The number of carbonyl (C=O) groups excluding carboxylic acids is 2. The number of hydrogen-bond acceptors (Lipinski definition) is 7. The summed E-state index contributed by atoms with van der Waals surface area (Å²) in [5, 5.41) is 6.09. The Morgan fingerprint density at radius 1 is 0.909 bits per heavy atom. The molecule has 5 rings (SSSR count). The average Bonchev–Trinajstić information content (AvgIpc) is 3.52. The van der Waals surface area contributed by atoms with Crippen LogP contribution in [0.25, 0.3) is 0 Å². The molecule has 3 aliphatic carbocycles. The summed E-state index contributed by atoms with van der Waals surface area (Å²) in [6.07, 6.45) is 13.5. The molecule has 0 radical (unpaired) electrons. The van der Waals surface area contributed by atoms with Crippen LogP contribution in [0.2, 0.25) is 0 Å². The van der Waals surface area contributed by atoms with Gasteiger partial charge in [-0.3, -0.25) is 0 Å². The fourth-order valence-corrected chi connectivity index (χ4v) is 7.25. The van der Waals surface area contributed by atoms with Crippen LogP contribution in [0.3, 0.4) is 0 Å². The molecule has 0 spiro atoms. The van der Waals surface area contributed by atoms with Gasteiger partial charge in [0.05, 0.1) is 12.3 Å². The maximum Gasteiger partial charge on any atom is 0.407 e. The second-order valence-electron chi connectivity index (χ2n) is 14.3. The normalized spacial score (nSPS) is 21.3. The third kappa shape index (κ3) is 8.51. The lowest BCUT2D eigenvalue weighted by Crippen LogP contribution is -2.48.